The van der Waals surface area contributed by atoms with Gasteiger partial charge in [0.2, 0.25) is 0 Å². The third-order valence-corrected chi connectivity index (χ3v) is 2.29. The summed E-state index contributed by atoms with van der Waals surface area (Å²) in [6.45, 7) is 1.60. The lowest BCUT2D eigenvalue weighted by Gasteiger charge is -2.08. The van der Waals surface area contributed by atoms with Crippen LogP contribution < -0.4 is 10.6 Å². The molecule has 0 aromatic heterocycles. The Labute approximate surface area is 85.5 Å². The topological polar surface area (TPSA) is 58.2 Å². The van der Waals surface area contributed by atoms with Crippen LogP contribution in [0.15, 0.2) is 18.2 Å². The molecule has 1 aliphatic heterocycles. The highest BCUT2D eigenvalue weighted by Gasteiger charge is 2.30. The maximum absolute atomic E-state index is 13.0. The van der Waals surface area contributed by atoms with Crippen molar-refractivity contribution in [3.05, 3.63) is 35.1 Å². The predicted molar refractivity (Wildman–Crippen MR) is 50.6 cm³/mol. The minimum Gasteiger partial charge on any atom is -0.322 e. The molecule has 0 saturated carbocycles. The van der Waals surface area contributed by atoms with Crippen molar-refractivity contribution in [3.8, 4) is 0 Å². The molecule has 1 aliphatic rings. The van der Waals surface area contributed by atoms with Crippen molar-refractivity contribution in [2.75, 3.05) is 0 Å². The Morgan fingerprint density at radius 2 is 2.07 bits per heavy atom. The molecule has 0 spiro atoms. The van der Waals surface area contributed by atoms with Gasteiger partial charge in [-0.1, -0.05) is 12.1 Å². The van der Waals surface area contributed by atoms with Gasteiger partial charge in [0.15, 0.2) is 0 Å². The quantitative estimate of drug-likeness (QED) is 0.677. The lowest BCUT2D eigenvalue weighted by Crippen LogP contribution is -2.22. The number of nitrogens with one attached hydrogen (secondary N) is 2. The molecular weight excluding hydrogens is 199 g/mol. The van der Waals surface area contributed by atoms with Crippen LogP contribution in [0.2, 0.25) is 0 Å². The number of carbonyl (C=O) groups excluding carboxylic acids is 2. The van der Waals surface area contributed by atoms with E-state index in [9.17, 15) is 14.0 Å². The summed E-state index contributed by atoms with van der Waals surface area (Å²) in [5, 5.41) is 4.56. The summed E-state index contributed by atoms with van der Waals surface area (Å²) in [5.74, 6) is -0.741. The van der Waals surface area contributed by atoms with Gasteiger partial charge in [0, 0.05) is 0 Å². The molecule has 15 heavy (non-hydrogen) atoms. The minimum atomic E-state index is -0.711. The van der Waals surface area contributed by atoms with Crippen LogP contribution in [0, 0.1) is 12.7 Å². The van der Waals surface area contributed by atoms with E-state index >= 15 is 0 Å². The molecule has 0 aliphatic carbocycles. The molecular formula is C10H9FN2O2. The monoisotopic (exact) mass is 208 g/mol. The van der Waals surface area contributed by atoms with Gasteiger partial charge in [-0.15, -0.1) is 0 Å². The summed E-state index contributed by atoms with van der Waals surface area (Å²) < 4.78 is 13.0. The van der Waals surface area contributed by atoms with Crippen molar-refractivity contribution in [1.29, 1.82) is 0 Å². The second-order valence-corrected chi connectivity index (χ2v) is 3.40. The fraction of sp³-hybridized carbons (Fsp3) is 0.200. The predicted octanol–water partition coefficient (Wildman–Crippen LogP) is 1.01. The largest absolute Gasteiger partial charge is 0.322 e. The summed E-state index contributed by atoms with van der Waals surface area (Å²) >= 11 is 0. The molecule has 0 radical (unpaired) electrons. The van der Waals surface area contributed by atoms with Crippen molar-refractivity contribution in [1.82, 2.24) is 10.6 Å². The minimum absolute atomic E-state index is 0.330. The van der Waals surface area contributed by atoms with E-state index < -0.39 is 18.0 Å². The van der Waals surface area contributed by atoms with Crippen LogP contribution in [0.25, 0.3) is 0 Å². The first-order chi connectivity index (χ1) is 7.08. The fourth-order valence-corrected chi connectivity index (χ4v) is 1.50. The first-order valence-electron chi connectivity index (χ1n) is 4.45. The van der Waals surface area contributed by atoms with Gasteiger partial charge >= 0.3 is 6.03 Å². The molecule has 1 unspecified atom stereocenters. The molecule has 1 fully saturated rings. The lowest BCUT2D eigenvalue weighted by atomic mass is 10.0. The average molecular weight is 208 g/mol. The SMILES string of the molecule is Cc1cc(C2NC(=O)NC2=O)ccc1F. The Kier molecular flexibility index (Phi) is 2.15. The summed E-state index contributed by atoms with van der Waals surface area (Å²) in [4.78, 5) is 22.2. The Bertz CT molecular complexity index is 445. The van der Waals surface area contributed by atoms with Gasteiger partial charge in [-0.3, -0.25) is 10.1 Å². The highest BCUT2D eigenvalue weighted by Crippen LogP contribution is 2.19. The lowest BCUT2D eigenvalue weighted by molar-refractivity contribution is -0.120. The van der Waals surface area contributed by atoms with Crippen LogP contribution in [0.3, 0.4) is 0 Å². The van der Waals surface area contributed by atoms with Crippen LogP contribution >= 0.6 is 0 Å². The van der Waals surface area contributed by atoms with Crippen molar-refractivity contribution < 1.29 is 14.0 Å². The Balaban J connectivity index is 2.34. The van der Waals surface area contributed by atoms with Crippen molar-refractivity contribution >= 4 is 11.9 Å². The van der Waals surface area contributed by atoms with Gasteiger partial charge in [0.05, 0.1) is 0 Å². The molecule has 1 atom stereocenters. The standard InChI is InChI=1S/C10H9FN2O2/c1-5-4-6(2-3-7(5)11)8-9(14)13-10(15)12-8/h2-4,8H,1H3,(H2,12,13,14,15). The van der Waals surface area contributed by atoms with E-state index in [0.717, 1.165) is 0 Å². The van der Waals surface area contributed by atoms with Crippen LogP contribution in [0.4, 0.5) is 9.18 Å². The zero-order chi connectivity index (χ0) is 11.0. The van der Waals surface area contributed by atoms with Crippen LogP contribution in [0.1, 0.15) is 17.2 Å². The molecule has 0 bridgehead atoms. The summed E-state index contributed by atoms with van der Waals surface area (Å²) in [5.41, 5.74) is 1.03. The molecule has 3 amide bonds. The number of carbonyl (C=O) groups is 2. The van der Waals surface area contributed by atoms with Crippen LogP contribution in [-0.4, -0.2) is 11.9 Å². The van der Waals surface area contributed by atoms with Crippen molar-refractivity contribution in [3.63, 3.8) is 0 Å². The average Bonchev–Trinajstić information content (AvgIpc) is 2.50. The number of hydrogen-bond acceptors (Lipinski definition) is 2. The summed E-state index contributed by atoms with van der Waals surface area (Å²) in [7, 11) is 0. The molecule has 1 saturated heterocycles. The summed E-state index contributed by atoms with van der Waals surface area (Å²) in [6.07, 6.45) is 0. The number of halogens is 1. The zero-order valence-corrected chi connectivity index (χ0v) is 8.00. The van der Waals surface area contributed by atoms with Crippen LogP contribution in [-0.2, 0) is 4.79 Å². The Morgan fingerprint density at radius 3 is 2.60 bits per heavy atom. The molecule has 1 aromatic carbocycles. The van der Waals surface area contributed by atoms with Gasteiger partial charge < -0.3 is 5.32 Å². The molecule has 1 aromatic rings. The molecule has 78 valence electrons. The molecule has 2 N–H and O–H groups in total. The number of amides is 3. The van der Waals surface area contributed by atoms with E-state index in [1.165, 1.54) is 12.1 Å². The molecule has 1 heterocycles. The normalized spacial score (nSPS) is 20.0. The zero-order valence-electron chi connectivity index (χ0n) is 8.00. The second-order valence-electron chi connectivity index (χ2n) is 3.40. The van der Waals surface area contributed by atoms with E-state index in [-0.39, 0.29) is 5.82 Å². The number of rotatable bonds is 1. The highest BCUT2D eigenvalue weighted by molar-refractivity contribution is 6.04. The summed E-state index contributed by atoms with van der Waals surface area (Å²) in [6, 6.07) is 3.08. The maximum Gasteiger partial charge on any atom is 0.322 e. The van der Waals surface area contributed by atoms with Gasteiger partial charge in [0.25, 0.3) is 5.91 Å². The Hall–Kier alpha value is -1.91. The van der Waals surface area contributed by atoms with Crippen LogP contribution in [0.5, 0.6) is 0 Å². The van der Waals surface area contributed by atoms with E-state index in [1.807, 2.05) is 0 Å². The van der Waals surface area contributed by atoms with E-state index in [1.54, 1.807) is 13.0 Å². The van der Waals surface area contributed by atoms with Crippen molar-refractivity contribution in [2.45, 2.75) is 13.0 Å². The van der Waals surface area contributed by atoms with Gasteiger partial charge in [-0.2, -0.15) is 0 Å². The smallest absolute Gasteiger partial charge is 0.322 e. The first-order valence-corrected chi connectivity index (χ1v) is 4.45. The number of benzene rings is 1. The van der Waals surface area contributed by atoms with E-state index in [0.29, 0.717) is 11.1 Å². The number of urea groups is 1. The Morgan fingerprint density at radius 1 is 1.33 bits per heavy atom. The third-order valence-electron chi connectivity index (χ3n) is 2.29. The first kappa shape index (κ1) is 9.64. The number of imide groups is 1. The number of aryl methyl sites for hydroxylation is 1. The highest BCUT2D eigenvalue weighted by atomic mass is 19.1. The third kappa shape index (κ3) is 1.68. The van der Waals surface area contributed by atoms with Crippen molar-refractivity contribution in [2.24, 2.45) is 0 Å². The fourth-order valence-electron chi connectivity index (χ4n) is 1.50. The van der Waals surface area contributed by atoms with Gasteiger partial charge in [0.1, 0.15) is 11.9 Å². The molecule has 5 heteroatoms. The second kappa shape index (κ2) is 3.34. The maximum atomic E-state index is 13.0. The molecule has 2 rings (SSSR count). The van der Waals surface area contributed by atoms with E-state index in [2.05, 4.69) is 10.6 Å². The van der Waals surface area contributed by atoms with E-state index in [4.69, 9.17) is 0 Å². The number of hydrogen-bond donors (Lipinski definition) is 2. The molecule has 4 nitrogen and oxygen atoms in total. The van der Waals surface area contributed by atoms with Gasteiger partial charge in [-0.05, 0) is 24.1 Å². The van der Waals surface area contributed by atoms with Gasteiger partial charge in [-0.25, -0.2) is 9.18 Å².